The molecule has 5 heteroatoms. The fourth-order valence-electron chi connectivity index (χ4n) is 1.08. The molecule has 0 bridgehead atoms. The monoisotopic (exact) mass is 209 g/mol. The van der Waals surface area contributed by atoms with Crippen molar-refractivity contribution in [2.24, 2.45) is 0 Å². The van der Waals surface area contributed by atoms with Crippen LogP contribution in [0, 0.1) is 11.3 Å². The van der Waals surface area contributed by atoms with Crippen LogP contribution < -0.4 is 5.56 Å². The van der Waals surface area contributed by atoms with Gasteiger partial charge in [0.05, 0.1) is 18.0 Å². The zero-order chi connectivity index (χ0) is 11.8. The van der Waals surface area contributed by atoms with Crippen molar-refractivity contribution < 1.29 is 5.11 Å². The third-order valence-corrected chi connectivity index (χ3v) is 1.76. The van der Waals surface area contributed by atoms with Gasteiger partial charge in [-0.15, -0.1) is 0 Å². The number of aromatic nitrogens is 2. The molecule has 1 rings (SSSR count). The van der Waals surface area contributed by atoms with E-state index in [9.17, 15) is 9.90 Å². The van der Waals surface area contributed by atoms with Gasteiger partial charge < -0.3 is 10.1 Å². The normalized spacial score (nSPS) is 10.8. The molecule has 0 aliphatic heterocycles. The SMILES string of the molecule is CC.C[C@H](CC#N)c1c(O)nc[nH]c1=O. The molecule has 0 radical (unpaired) electrons. The Morgan fingerprint density at radius 2 is 2.27 bits per heavy atom. The maximum absolute atomic E-state index is 11.2. The Labute approximate surface area is 88.4 Å². The van der Waals surface area contributed by atoms with Crippen LogP contribution >= 0.6 is 0 Å². The molecule has 15 heavy (non-hydrogen) atoms. The quantitative estimate of drug-likeness (QED) is 0.772. The highest BCUT2D eigenvalue weighted by Crippen LogP contribution is 2.20. The Bertz CT molecular complexity index is 392. The first-order valence-electron chi connectivity index (χ1n) is 4.80. The van der Waals surface area contributed by atoms with E-state index in [0.29, 0.717) is 0 Å². The molecular formula is C10H15N3O2. The second-order valence-corrected chi connectivity index (χ2v) is 2.73. The second kappa shape index (κ2) is 6.60. The molecule has 0 aromatic carbocycles. The zero-order valence-electron chi connectivity index (χ0n) is 9.11. The largest absolute Gasteiger partial charge is 0.493 e. The van der Waals surface area contributed by atoms with Gasteiger partial charge in [-0.3, -0.25) is 4.79 Å². The Morgan fingerprint density at radius 3 is 2.73 bits per heavy atom. The number of hydrogen-bond acceptors (Lipinski definition) is 4. The Balaban J connectivity index is 0.000000921. The van der Waals surface area contributed by atoms with E-state index >= 15 is 0 Å². The van der Waals surface area contributed by atoms with Crippen LogP contribution in [0.5, 0.6) is 5.88 Å². The fraction of sp³-hybridized carbons (Fsp3) is 0.500. The first-order chi connectivity index (χ1) is 7.16. The third-order valence-electron chi connectivity index (χ3n) is 1.76. The van der Waals surface area contributed by atoms with Gasteiger partial charge in [-0.2, -0.15) is 5.26 Å². The van der Waals surface area contributed by atoms with Crippen LogP contribution in [0.15, 0.2) is 11.1 Å². The van der Waals surface area contributed by atoms with Gasteiger partial charge in [-0.1, -0.05) is 20.8 Å². The molecule has 1 heterocycles. The molecule has 82 valence electrons. The number of nitrogens with one attached hydrogen (secondary N) is 1. The van der Waals surface area contributed by atoms with E-state index in [1.807, 2.05) is 19.9 Å². The summed E-state index contributed by atoms with van der Waals surface area (Å²) in [5.74, 6) is -0.603. The van der Waals surface area contributed by atoms with Crippen LogP contribution in [0.1, 0.15) is 38.7 Å². The van der Waals surface area contributed by atoms with Gasteiger partial charge in [0, 0.05) is 12.3 Å². The molecule has 0 aliphatic carbocycles. The molecule has 5 nitrogen and oxygen atoms in total. The molecule has 0 saturated heterocycles. The number of nitrogens with zero attached hydrogens (tertiary/aromatic N) is 2. The molecule has 1 atom stereocenters. The van der Waals surface area contributed by atoms with Gasteiger partial charge >= 0.3 is 0 Å². The van der Waals surface area contributed by atoms with Crippen LogP contribution in [0.25, 0.3) is 0 Å². The van der Waals surface area contributed by atoms with Gasteiger partial charge in [0.1, 0.15) is 0 Å². The van der Waals surface area contributed by atoms with Crippen molar-refractivity contribution in [2.75, 3.05) is 0 Å². The summed E-state index contributed by atoms with van der Waals surface area (Å²) >= 11 is 0. The summed E-state index contributed by atoms with van der Waals surface area (Å²) in [4.78, 5) is 17.1. The minimum Gasteiger partial charge on any atom is -0.493 e. The summed E-state index contributed by atoms with van der Waals surface area (Å²) in [6.07, 6.45) is 1.31. The maximum Gasteiger partial charge on any atom is 0.258 e. The number of nitriles is 1. The number of aromatic hydroxyl groups is 1. The van der Waals surface area contributed by atoms with Crippen molar-refractivity contribution in [2.45, 2.75) is 33.1 Å². The molecule has 2 N–H and O–H groups in total. The summed E-state index contributed by atoms with van der Waals surface area (Å²) < 4.78 is 0. The van der Waals surface area contributed by atoms with Crippen molar-refractivity contribution in [3.63, 3.8) is 0 Å². The summed E-state index contributed by atoms with van der Waals surface area (Å²) in [5, 5.41) is 17.7. The van der Waals surface area contributed by atoms with E-state index in [1.165, 1.54) is 0 Å². The van der Waals surface area contributed by atoms with Crippen molar-refractivity contribution >= 4 is 0 Å². The lowest BCUT2D eigenvalue weighted by molar-refractivity contribution is 0.437. The molecule has 0 aliphatic rings. The molecule has 0 spiro atoms. The Hall–Kier alpha value is -1.83. The lowest BCUT2D eigenvalue weighted by atomic mass is 10.0. The highest BCUT2D eigenvalue weighted by Gasteiger charge is 2.14. The number of aromatic amines is 1. The topological polar surface area (TPSA) is 89.8 Å². The standard InChI is InChI=1S/C8H9N3O2.C2H6/c1-5(2-3-9)6-7(12)10-4-11-8(6)13;1-2/h4-5H,2H2,1H3,(H2,10,11,12,13);1-2H3/t5-;/m1./s1. The minimum absolute atomic E-state index is 0.170. The third kappa shape index (κ3) is 3.43. The average Bonchev–Trinajstić information content (AvgIpc) is 2.21. The van der Waals surface area contributed by atoms with Gasteiger partial charge in [0.25, 0.3) is 5.56 Å². The number of H-pyrrole nitrogens is 1. The number of hydrogen-bond donors (Lipinski definition) is 2. The minimum atomic E-state index is -0.393. The van der Waals surface area contributed by atoms with E-state index in [0.717, 1.165) is 6.33 Å². The van der Waals surface area contributed by atoms with Crippen molar-refractivity contribution in [3.8, 4) is 11.9 Å². The number of rotatable bonds is 2. The Morgan fingerprint density at radius 1 is 1.67 bits per heavy atom. The zero-order valence-corrected chi connectivity index (χ0v) is 9.11. The fourth-order valence-corrected chi connectivity index (χ4v) is 1.08. The van der Waals surface area contributed by atoms with Gasteiger partial charge in [0.2, 0.25) is 5.88 Å². The van der Waals surface area contributed by atoms with Gasteiger partial charge in [0.15, 0.2) is 0 Å². The molecule has 0 amide bonds. The molecule has 0 unspecified atom stereocenters. The summed E-state index contributed by atoms with van der Waals surface area (Å²) in [7, 11) is 0. The van der Waals surface area contributed by atoms with Gasteiger partial charge in [-0.05, 0) is 0 Å². The summed E-state index contributed by atoms with van der Waals surface area (Å²) in [5.41, 5.74) is -0.223. The predicted molar refractivity (Wildman–Crippen MR) is 56.5 cm³/mol. The van der Waals surface area contributed by atoms with Crippen LogP contribution in [0.3, 0.4) is 0 Å². The average molecular weight is 209 g/mol. The molecule has 0 fully saturated rings. The summed E-state index contributed by atoms with van der Waals surface area (Å²) in [6.45, 7) is 5.69. The maximum atomic E-state index is 11.2. The highest BCUT2D eigenvalue weighted by molar-refractivity contribution is 5.25. The second-order valence-electron chi connectivity index (χ2n) is 2.73. The van der Waals surface area contributed by atoms with Crippen LogP contribution in [-0.4, -0.2) is 15.1 Å². The van der Waals surface area contributed by atoms with Crippen molar-refractivity contribution in [1.82, 2.24) is 9.97 Å². The summed E-state index contributed by atoms with van der Waals surface area (Å²) in [6, 6.07) is 1.93. The van der Waals surface area contributed by atoms with E-state index in [4.69, 9.17) is 5.26 Å². The molecular weight excluding hydrogens is 194 g/mol. The van der Waals surface area contributed by atoms with Gasteiger partial charge in [-0.25, -0.2) is 4.98 Å². The van der Waals surface area contributed by atoms with E-state index in [2.05, 4.69) is 9.97 Å². The van der Waals surface area contributed by atoms with Crippen LogP contribution in [-0.2, 0) is 0 Å². The van der Waals surface area contributed by atoms with Crippen LogP contribution in [0.2, 0.25) is 0 Å². The molecule has 1 aromatic rings. The van der Waals surface area contributed by atoms with Crippen LogP contribution in [0.4, 0.5) is 0 Å². The molecule has 0 saturated carbocycles. The first-order valence-corrected chi connectivity index (χ1v) is 4.80. The predicted octanol–water partition coefficient (Wildman–Crippen LogP) is 1.52. The van der Waals surface area contributed by atoms with Crippen molar-refractivity contribution in [1.29, 1.82) is 5.26 Å². The van der Waals surface area contributed by atoms with Crippen molar-refractivity contribution in [3.05, 3.63) is 22.2 Å². The van der Waals surface area contributed by atoms with E-state index in [-0.39, 0.29) is 23.8 Å². The van der Waals surface area contributed by atoms with E-state index in [1.54, 1.807) is 6.92 Å². The molecule has 1 aromatic heterocycles. The Kier molecular flexibility index (Phi) is 5.79. The van der Waals surface area contributed by atoms with E-state index < -0.39 is 5.56 Å². The highest BCUT2D eigenvalue weighted by atomic mass is 16.3. The first kappa shape index (κ1) is 13.2. The lowest BCUT2D eigenvalue weighted by Gasteiger charge is -2.06. The smallest absolute Gasteiger partial charge is 0.258 e. The lowest BCUT2D eigenvalue weighted by Crippen LogP contribution is -2.15.